The Morgan fingerprint density at radius 3 is 2.71 bits per heavy atom. The van der Waals surface area contributed by atoms with Gasteiger partial charge in [-0.05, 0) is 115 Å². The molecule has 7 heterocycles. The Morgan fingerprint density at radius 2 is 1.92 bits per heavy atom. The van der Waals surface area contributed by atoms with E-state index < -0.39 is 46.8 Å². The lowest BCUT2D eigenvalue weighted by molar-refractivity contribution is -0.142. The van der Waals surface area contributed by atoms with Crippen LogP contribution in [0.2, 0.25) is 0 Å². The molecule has 2 aliphatic heterocycles. The first-order chi connectivity index (χ1) is 35.2. The van der Waals surface area contributed by atoms with Crippen molar-refractivity contribution >= 4 is 34.1 Å². The van der Waals surface area contributed by atoms with Gasteiger partial charge in [0.05, 0.1) is 29.8 Å². The fraction of sp³-hybridized carbons (Fsp3) is 0.490. The van der Waals surface area contributed by atoms with E-state index in [2.05, 4.69) is 53.5 Å². The van der Waals surface area contributed by atoms with Crippen molar-refractivity contribution < 1.29 is 32.7 Å². The first-order valence-corrected chi connectivity index (χ1v) is 25.7. The number of benzene rings is 1. The molecule has 3 aliphatic rings. The predicted molar refractivity (Wildman–Crippen MR) is 267 cm³/mol. The second kappa shape index (κ2) is 21.5. The number of pyridine rings is 1. The average Bonchev–Trinajstić information content (AvgIpc) is 4.20. The van der Waals surface area contributed by atoms with Crippen LogP contribution in [0.4, 0.5) is 19.7 Å². The molecule has 0 spiro atoms. The molecule has 5 aromatic heterocycles. The minimum atomic E-state index is -1.05. The number of unbranched alkanes of at least 4 members (excludes halogenated alkanes) is 1. The summed E-state index contributed by atoms with van der Waals surface area (Å²) in [5.74, 6) is -1.76. The van der Waals surface area contributed by atoms with Crippen LogP contribution in [0, 0.1) is 28.9 Å². The topological polar surface area (TPSA) is 243 Å². The fourth-order valence-electron chi connectivity index (χ4n) is 10.6. The average molecular weight is 1020 g/mol. The molecule has 19 nitrogen and oxygen atoms in total. The number of fused-ring (bicyclic) bond motifs is 1. The highest BCUT2D eigenvalue weighted by Gasteiger charge is 2.44. The number of thiophene rings is 1. The highest BCUT2D eigenvalue weighted by Crippen LogP contribution is 2.48. The molecule has 0 radical (unpaired) electrons. The molecule has 5 atom stereocenters. The van der Waals surface area contributed by atoms with Gasteiger partial charge in [-0.1, -0.05) is 35.4 Å². The lowest BCUT2D eigenvalue weighted by Crippen LogP contribution is -2.49. The van der Waals surface area contributed by atoms with Crippen molar-refractivity contribution in [1.29, 1.82) is 5.26 Å². The third-order valence-corrected chi connectivity index (χ3v) is 15.4. The van der Waals surface area contributed by atoms with Crippen LogP contribution in [-0.4, -0.2) is 118 Å². The van der Waals surface area contributed by atoms with Gasteiger partial charge in [-0.2, -0.15) is 10.2 Å². The third kappa shape index (κ3) is 10.3. The van der Waals surface area contributed by atoms with E-state index in [4.69, 9.17) is 25.0 Å². The Labute approximate surface area is 425 Å². The number of hydrogen-bond acceptors (Lipinski definition) is 17. The summed E-state index contributed by atoms with van der Waals surface area (Å²) >= 11 is 1.47. The molecule has 0 unspecified atom stereocenters. The van der Waals surface area contributed by atoms with Crippen LogP contribution in [0.3, 0.4) is 0 Å². The monoisotopic (exact) mass is 1020 g/mol. The van der Waals surface area contributed by atoms with Crippen molar-refractivity contribution in [2.45, 2.75) is 116 Å². The minimum Gasteiger partial charge on any atom is -0.505 e. The number of aryl methyl sites for hydroxylation is 1. The SMILES string of the molecule is CC(C)[C@@H](C(=O)N1CCC[C@H]1C(=O)N[C@@H](C)c1ccc(-c2ncccc2F)c(F)c1O)n1cc(OCCCCN2CCCN(c3nccc(-c4noc([C@@]5(C)CCCc6sc(N)c(C#N)c65)n4)n3)[C@@H](C)C2)nn1. The van der Waals surface area contributed by atoms with E-state index >= 15 is 4.39 Å². The molecule has 0 bridgehead atoms. The normalized spacial score (nSPS) is 20.1. The van der Waals surface area contributed by atoms with Crippen LogP contribution < -0.4 is 20.7 Å². The first-order valence-electron chi connectivity index (χ1n) is 24.9. The summed E-state index contributed by atoms with van der Waals surface area (Å²) in [6, 6.07) is 7.07. The fourth-order valence-corrected chi connectivity index (χ4v) is 11.7. The molecule has 9 rings (SSSR count). The number of nitrogens with two attached hydrogens (primary N) is 1. The van der Waals surface area contributed by atoms with Crippen molar-refractivity contribution in [3.63, 3.8) is 0 Å². The van der Waals surface area contributed by atoms with E-state index in [-0.39, 0.29) is 34.7 Å². The van der Waals surface area contributed by atoms with Crippen molar-refractivity contribution in [1.82, 2.24) is 55.2 Å². The Hall–Kier alpha value is -7.12. The Bertz CT molecular complexity index is 3010. The summed E-state index contributed by atoms with van der Waals surface area (Å²) in [5.41, 5.74) is 7.21. The lowest BCUT2D eigenvalue weighted by Gasteiger charge is -2.30. The van der Waals surface area contributed by atoms with Gasteiger partial charge in [0.15, 0.2) is 11.6 Å². The molecule has 2 amide bonds. The molecule has 2 saturated heterocycles. The number of nitriles is 1. The molecule has 1 aliphatic carbocycles. The van der Waals surface area contributed by atoms with Crippen molar-refractivity contribution in [2.75, 3.05) is 50.0 Å². The number of nitrogens with zero attached hydrogens (tertiary/aromatic N) is 12. The number of halogens is 2. The summed E-state index contributed by atoms with van der Waals surface area (Å²) in [5, 5.41) is 36.9. The largest absolute Gasteiger partial charge is 0.505 e. The summed E-state index contributed by atoms with van der Waals surface area (Å²) in [6.45, 7) is 13.8. The van der Waals surface area contributed by atoms with Crippen LogP contribution in [0.1, 0.15) is 119 Å². The molecule has 0 saturated carbocycles. The van der Waals surface area contributed by atoms with E-state index in [9.17, 15) is 24.3 Å². The number of aromatic hydroxyl groups is 1. The zero-order valence-corrected chi connectivity index (χ0v) is 42.4. The van der Waals surface area contributed by atoms with E-state index in [1.807, 2.05) is 20.8 Å². The van der Waals surface area contributed by atoms with Crippen molar-refractivity contribution in [2.24, 2.45) is 5.92 Å². The number of phenolic OH excluding ortho intramolecular Hbond substituents is 1. The number of phenols is 1. The van der Waals surface area contributed by atoms with Crippen molar-refractivity contribution in [3.05, 3.63) is 88.0 Å². The number of aromatic nitrogens is 8. The van der Waals surface area contributed by atoms with E-state index in [1.54, 1.807) is 30.3 Å². The molecule has 4 N–H and O–H groups in total. The number of carbonyl (C=O) groups excluding carboxylic acids is 2. The maximum Gasteiger partial charge on any atom is 0.253 e. The van der Waals surface area contributed by atoms with Gasteiger partial charge in [0.1, 0.15) is 40.4 Å². The van der Waals surface area contributed by atoms with E-state index in [0.29, 0.717) is 65.8 Å². The van der Waals surface area contributed by atoms with Gasteiger partial charge in [0.25, 0.3) is 5.88 Å². The van der Waals surface area contributed by atoms with Crippen molar-refractivity contribution in [3.8, 4) is 40.5 Å². The molecular weight excluding hydrogens is 959 g/mol. The summed E-state index contributed by atoms with van der Waals surface area (Å²) in [4.78, 5) is 53.5. The van der Waals surface area contributed by atoms with E-state index in [0.717, 1.165) is 81.2 Å². The Balaban J connectivity index is 0.750. The molecule has 73 heavy (non-hydrogen) atoms. The number of ether oxygens (including phenoxy) is 1. The number of nitrogen functional groups attached to an aromatic ring is 1. The van der Waals surface area contributed by atoms with Gasteiger partial charge in [0, 0.05) is 59.6 Å². The molecule has 6 aromatic rings. The molecule has 2 fully saturated rings. The summed E-state index contributed by atoms with van der Waals surface area (Å²) < 4.78 is 43.1. The van der Waals surface area contributed by atoms with Gasteiger partial charge in [-0.15, -0.1) is 11.3 Å². The van der Waals surface area contributed by atoms with Crippen LogP contribution >= 0.6 is 11.3 Å². The van der Waals surface area contributed by atoms with Crippen LogP contribution in [0.25, 0.3) is 22.8 Å². The summed E-state index contributed by atoms with van der Waals surface area (Å²) in [6.07, 6.45) is 10.8. The number of anilines is 2. The highest BCUT2D eigenvalue weighted by molar-refractivity contribution is 7.16. The number of carbonyl (C=O) groups is 2. The Kier molecular flexibility index (Phi) is 15.0. The maximum atomic E-state index is 15.3. The number of hydrogen-bond donors (Lipinski definition) is 3. The molecule has 384 valence electrons. The van der Waals surface area contributed by atoms with Gasteiger partial charge in [-0.3, -0.25) is 14.6 Å². The van der Waals surface area contributed by atoms with Gasteiger partial charge >= 0.3 is 0 Å². The summed E-state index contributed by atoms with van der Waals surface area (Å²) in [7, 11) is 0. The van der Waals surface area contributed by atoms with Gasteiger partial charge in [-0.25, -0.2) is 23.4 Å². The second-order valence-corrected chi connectivity index (χ2v) is 20.8. The van der Waals surface area contributed by atoms with Gasteiger partial charge < -0.3 is 40.1 Å². The number of amides is 2. The zero-order chi connectivity index (χ0) is 51.6. The highest BCUT2D eigenvalue weighted by atomic mass is 32.1. The number of nitrogens with one attached hydrogen (secondary N) is 1. The first kappa shape index (κ1) is 50.8. The smallest absolute Gasteiger partial charge is 0.253 e. The molecule has 22 heteroatoms. The lowest BCUT2D eigenvalue weighted by atomic mass is 9.72. The van der Waals surface area contributed by atoms with Crippen LogP contribution in [0.15, 0.2) is 53.4 Å². The quantitative estimate of drug-likeness (QED) is 0.0815. The Morgan fingerprint density at radius 1 is 1.08 bits per heavy atom. The molecule has 1 aromatic carbocycles. The predicted octanol–water partition coefficient (Wildman–Crippen LogP) is 7.15. The second-order valence-electron chi connectivity index (χ2n) is 19.7. The molecular formula is C51H60F2N14O5S. The number of rotatable bonds is 16. The van der Waals surface area contributed by atoms with Crippen LogP contribution in [0.5, 0.6) is 11.6 Å². The minimum absolute atomic E-state index is 0.0968. The number of likely N-dealkylation sites (tertiary alicyclic amines) is 1. The maximum absolute atomic E-state index is 15.3. The zero-order valence-electron chi connectivity index (χ0n) is 41.6. The van der Waals surface area contributed by atoms with Crippen LogP contribution in [-0.2, 0) is 21.4 Å². The third-order valence-electron chi connectivity index (χ3n) is 14.3. The van der Waals surface area contributed by atoms with E-state index in [1.165, 1.54) is 40.4 Å². The standard InChI is InChI=1S/C51H60F2N14O5S/c1-29(2)43(48(70)66-23-10-13-37(66)47(69)58-31(4)32-15-16-33(41(53)44(32)68)42-35(52)12-9-19-56-42)67-28-39(61-63-67)71-25-7-6-21-64-22-11-24-65(30(3)27-64)50-57-20-17-36(59-50)46-60-49(72-62-46)51(5)18-8-14-38-40(51)34(26-54)45(55)73-38/h9,12,15-17,19-20,28-31,37,43,68H,6-8,10-11,13-14,18,21-25,27,55H2,1-5H3,(H,58,69)/t30-,31-,37-,43-,51-/m0/s1. The van der Waals surface area contributed by atoms with Gasteiger partial charge in [0.2, 0.25) is 29.5 Å².